The zero-order valence-electron chi connectivity index (χ0n) is 11.7. The first-order valence-corrected chi connectivity index (χ1v) is 9.00. The fraction of sp³-hybridized carbons (Fsp3) is 0.357. The van der Waals surface area contributed by atoms with Crippen LogP contribution in [0.1, 0.15) is 32.4 Å². The monoisotopic (exact) mass is 362 g/mol. The Kier molecular flexibility index (Phi) is 5.80. The van der Waals surface area contributed by atoms with E-state index in [2.05, 4.69) is 9.71 Å². The maximum Gasteiger partial charge on any atom is 0.193 e. The summed E-state index contributed by atoms with van der Waals surface area (Å²) in [6.07, 6.45) is 1.28. The van der Waals surface area contributed by atoms with Crippen molar-refractivity contribution in [2.75, 3.05) is 4.72 Å². The van der Waals surface area contributed by atoms with Crippen molar-refractivity contribution in [1.29, 1.82) is 0 Å². The Morgan fingerprint density at radius 3 is 2.71 bits per heavy atom. The summed E-state index contributed by atoms with van der Waals surface area (Å²) in [6, 6.07) is 5.48. The van der Waals surface area contributed by atoms with Crippen LogP contribution in [0.25, 0.3) is 0 Å². The van der Waals surface area contributed by atoms with Crippen molar-refractivity contribution in [1.82, 2.24) is 4.98 Å². The quantitative estimate of drug-likeness (QED) is 0.658. The van der Waals surface area contributed by atoms with Crippen LogP contribution in [-0.2, 0) is 5.60 Å². The molecule has 0 fully saturated rings. The van der Waals surface area contributed by atoms with E-state index in [9.17, 15) is 5.11 Å². The van der Waals surface area contributed by atoms with Gasteiger partial charge in [-0.3, -0.25) is 0 Å². The summed E-state index contributed by atoms with van der Waals surface area (Å²) in [5.74, 6) is 0. The first-order chi connectivity index (χ1) is 10.00. The Labute approximate surface area is 142 Å². The van der Waals surface area contributed by atoms with Gasteiger partial charge >= 0.3 is 0 Å². The van der Waals surface area contributed by atoms with Gasteiger partial charge in [0.25, 0.3) is 0 Å². The van der Waals surface area contributed by atoms with Crippen LogP contribution in [0.3, 0.4) is 0 Å². The number of halogens is 2. The van der Waals surface area contributed by atoms with Gasteiger partial charge in [0.1, 0.15) is 5.60 Å². The van der Waals surface area contributed by atoms with Gasteiger partial charge in [-0.05, 0) is 36.9 Å². The van der Waals surface area contributed by atoms with Crippen LogP contribution in [0.2, 0.25) is 10.0 Å². The van der Waals surface area contributed by atoms with Gasteiger partial charge < -0.3 is 9.83 Å². The largest absolute Gasteiger partial charge is 0.384 e. The molecular weight excluding hydrogens is 347 g/mol. The van der Waals surface area contributed by atoms with Gasteiger partial charge in [0.05, 0.1) is 15.7 Å². The molecule has 2 aromatic rings. The van der Waals surface area contributed by atoms with Gasteiger partial charge in [-0.15, -0.1) is 11.3 Å². The number of thiazole rings is 1. The lowest BCUT2D eigenvalue weighted by Crippen LogP contribution is -2.23. The number of hydrogen-bond acceptors (Lipinski definition) is 5. The summed E-state index contributed by atoms with van der Waals surface area (Å²) < 4.78 is 3.14. The van der Waals surface area contributed by atoms with E-state index in [-0.39, 0.29) is 0 Å². The van der Waals surface area contributed by atoms with Gasteiger partial charge in [-0.25, -0.2) is 4.98 Å². The lowest BCUT2D eigenvalue weighted by Gasteiger charge is -2.22. The van der Waals surface area contributed by atoms with Crippen LogP contribution in [0.5, 0.6) is 0 Å². The first kappa shape index (κ1) is 16.9. The molecular formula is C14H16Cl2N2OS2. The van der Waals surface area contributed by atoms with E-state index in [0.717, 1.165) is 10.0 Å². The van der Waals surface area contributed by atoms with E-state index in [4.69, 9.17) is 23.2 Å². The van der Waals surface area contributed by atoms with Crippen LogP contribution in [0.4, 0.5) is 5.13 Å². The SMILES string of the molecule is CCC(O)(CC)c1csc(NSc2cccc(Cl)c2Cl)n1. The normalized spacial score (nSPS) is 11.7. The van der Waals surface area contributed by atoms with Crippen LogP contribution < -0.4 is 4.72 Å². The van der Waals surface area contributed by atoms with Crippen molar-refractivity contribution >= 4 is 51.6 Å². The lowest BCUT2D eigenvalue weighted by molar-refractivity contribution is 0.0247. The number of benzene rings is 1. The third-order valence-corrected chi connectivity index (χ3v) is 5.99. The molecule has 0 saturated heterocycles. The number of aromatic nitrogens is 1. The van der Waals surface area contributed by atoms with Crippen molar-refractivity contribution in [2.24, 2.45) is 0 Å². The van der Waals surface area contributed by atoms with Gasteiger partial charge in [-0.2, -0.15) is 0 Å². The fourth-order valence-corrected chi connectivity index (χ4v) is 3.83. The zero-order chi connectivity index (χ0) is 15.5. The maximum absolute atomic E-state index is 10.5. The number of nitrogens with zero attached hydrogens (tertiary/aromatic N) is 1. The van der Waals surface area contributed by atoms with Crippen LogP contribution in [0, 0.1) is 0 Å². The van der Waals surface area contributed by atoms with E-state index >= 15 is 0 Å². The van der Waals surface area contributed by atoms with Crippen LogP contribution >= 0.6 is 46.5 Å². The number of anilines is 1. The Bertz CT molecular complexity index is 615. The van der Waals surface area contributed by atoms with Gasteiger partial charge in [0.15, 0.2) is 5.13 Å². The molecule has 0 saturated carbocycles. The highest BCUT2D eigenvalue weighted by atomic mass is 35.5. The molecule has 0 aliphatic rings. The number of aliphatic hydroxyl groups is 1. The average molecular weight is 363 g/mol. The number of hydrogen-bond donors (Lipinski definition) is 2. The minimum atomic E-state index is -0.852. The predicted molar refractivity (Wildman–Crippen MR) is 92.5 cm³/mol. The predicted octanol–water partition coefficient (Wildman–Crippen LogP) is 5.58. The molecule has 1 aromatic carbocycles. The molecule has 0 atom stereocenters. The molecule has 21 heavy (non-hydrogen) atoms. The summed E-state index contributed by atoms with van der Waals surface area (Å²) in [4.78, 5) is 5.29. The fourth-order valence-electron chi connectivity index (χ4n) is 1.81. The second kappa shape index (κ2) is 7.20. The Morgan fingerprint density at radius 1 is 1.33 bits per heavy atom. The topological polar surface area (TPSA) is 45.1 Å². The molecule has 3 nitrogen and oxygen atoms in total. The van der Waals surface area contributed by atoms with Gasteiger partial charge in [0, 0.05) is 10.3 Å². The third kappa shape index (κ3) is 3.85. The summed E-state index contributed by atoms with van der Waals surface area (Å²) in [5, 5.41) is 14.1. The zero-order valence-corrected chi connectivity index (χ0v) is 14.8. The molecule has 1 heterocycles. The molecule has 0 unspecified atom stereocenters. The van der Waals surface area contributed by atoms with Crippen molar-refractivity contribution in [2.45, 2.75) is 37.2 Å². The molecule has 7 heteroatoms. The third-order valence-electron chi connectivity index (χ3n) is 3.32. The summed E-state index contributed by atoms with van der Waals surface area (Å²) in [6.45, 7) is 3.91. The molecule has 0 bridgehead atoms. The molecule has 0 amide bonds. The second-order valence-electron chi connectivity index (χ2n) is 4.53. The van der Waals surface area contributed by atoms with E-state index in [1.165, 1.54) is 23.3 Å². The highest BCUT2D eigenvalue weighted by Gasteiger charge is 2.27. The van der Waals surface area contributed by atoms with Crippen molar-refractivity contribution in [3.63, 3.8) is 0 Å². The van der Waals surface area contributed by atoms with Gasteiger partial charge in [-0.1, -0.05) is 43.1 Å². The average Bonchev–Trinajstić information content (AvgIpc) is 2.97. The van der Waals surface area contributed by atoms with Crippen LogP contribution in [-0.4, -0.2) is 10.1 Å². The number of nitrogens with one attached hydrogen (secondary N) is 1. The maximum atomic E-state index is 10.5. The van der Waals surface area contributed by atoms with E-state index in [1.807, 2.05) is 31.4 Å². The minimum absolute atomic E-state index is 0.520. The highest BCUT2D eigenvalue weighted by molar-refractivity contribution is 8.00. The smallest absolute Gasteiger partial charge is 0.193 e. The molecule has 1 aromatic heterocycles. The minimum Gasteiger partial charge on any atom is -0.384 e. The Balaban J connectivity index is 2.08. The summed E-state index contributed by atoms with van der Waals surface area (Å²) >= 11 is 14.9. The van der Waals surface area contributed by atoms with Crippen molar-refractivity contribution in [3.05, 3.63) is 39.3 Å². The Hall–Kier alpha value is -0.460. The number of rotatable bonds is 6. The molecule has 2 N–H and O–H groups in total. The van der Waals surface area contributed by atoms with E-state index < -0.39 is 5.60 Å². The molecule has 114 valence electrons. The van der Waals surface area contributed by atoms with E-state index in [0.29, 0.717) is 28.6 Å². The molecule has 0 aliphatic heterocycles. The first-order valence-electron chi connectivity index (χ1n) is 6.55. The molecule has 0 aliphatic carbocycles. The summed E-state index contributed by atoms with van der Waals surface area (Å²) in [7, 11) is 0. The standard InChI is InChI=1S/C14H16Cl2N2OS2/c1-3-14(19,4-2)11-8-20-13(17-11)18-21-10-7-5-6-9(15)12(10)16/h5-8,19H,3-4H2,1-2H3,(H,17,18). The van der Waals surface area contributed by atoms with Crippen molar-refractivity contribution < 1.29 is 5.11 Å². The van der Waals surface area contributed by atoms with Crippen LogP contribution in [0.15, 0.2) is 28.5 Å². The molecule has 2 rings (SSSR count). The molecule has 0 radical (unpaired) electrons. The van der Waals surface area contributed by atoms with Gasteiger partial charge in [0.2, 0.25) is 0 Å². The molecule has 0 spiro atoms. The van der Waals surface area contributed by atoms with E-state index in [1.54, 1.807) is 6.07 Å². The lowest BCUT2D eigenvalue weighted by atomic mass is 9.94. The Morgan fingerprint density at radius 2 is 2.05 bits per heavy atom. The van der Waals surface area contributed by atoms with Crippen molar-refractivity contribution in [3.8, 4) is 0 Å². The second-order valence-corrected chi connectivity index (χ2v) is 7.02. The highest BCUT2D eigenvalue weighted by Crippen LogP contribution is 2.35. The summed E-state index contributed by atoms with van der Waals surface area (Å²) in [5.41, 5.74) is -0.146.